The van der Waals surface area contributed by atoms with Gasteiger partial charge in [0.25, 0.3) is 0 Å². The van der Waals surface area contributed by atoms with Crippen LogP contribution in [0.2, 0.25) is 0 Å². The van der Waals surface area contributed by atoms with Crippen LogP contribution in [-0.4, -0.2) is 15.4 Å². The molecule has 0 aromatic carbocycles. The van der Waals surface area contributed by atoms with Gasteiger partial charge in [-0.25, -0.2) is 0 Å². The van der Waals surface area contributed by atoms with Crippen LogP contribution in [0.4, 0.5) is 0 Å². The summed E-state index contributed by atoms with van der Waals surface area (Å²) in [4.78, 5) is 0. The van der Waals surface area contributed by atoms with E-state index in [1.165, 1.54) is 0 Å². The fraction of sp³-hybridized carbons (Fsp3) is 0.250. The summed E-state index contributed by atoms with van der Waals surface area (Å²) in [5.41, 5.74) is 2.87. The Bertz CT molecular complexity index is 137. The van der Waals surface area contributed by atoms with Crippen molar-refractivity contribution < 1.29 is 5.21 Å². The van der Waals surface area contributed by atoms with Gasteiger partial charge in [0, 0.05) is 6.20 Å². The van der Waals surface area contributed by atoms with Gasteiger partial charge >= 0.3 is 0 Å². The van der Waals surface area contributed by atoms with Crippen molar-refractivity contribution in [2.45, 2.75) is 6.54 Å². The van der Waals surface area contributed by atoms with E-state index >= 15 is 0 Å². The van der Waals surface area contributed by atoms with Crippen molar-refractivity contribution >= 4 is 0 Å². The standard InChI is InChI=1S/C4H7N3O/c8-6-3-4-1-2-5-7-4/h1-2,6,8H,3H2,(H,5,7). The highest BCUT2D eigenvalue weighted by molar-refractivity contribution is 4.95. The van der Waals surface area contributed by atoms with Gasteiger partial charge in [0.15, 0.2) is 0 Å². The maximum atomic E-state index is 8.14. The minimum Gasteiger partial charge on any atom is -0.316 e. The molecule has 4 nitrogen and oxygen atoms in total. The lowest BCUT2D eigenvalue weighted by atomic mass is 10.4. The first kappa shape index (κ1) is 5.27. The number of aromatic amines is 1. The predicted octanol–water partition coefficient (Wildman–Crippen LogP) is -0.112. The summed E-state index contributed by atoms with van der Waals surface area (Å²) in [7, 11) is 0. The van der Waals surface area contributed by atoms with E-state index in [1.807, 2.05) is 5.48 Å². The Labute approximate surface area is 46.5 Å². The van der Waals surface area contributed by atoms with Crippen LogP contribution in [0.1, 0.15) is 5.69 Å². The summed E-state index contributed by atoms with van der Waals surface area (Å²) in [6.07, 6.45) is 1.63. The molecule has 0 spiro atoms. The molecule has 1 aromatic rings. The van der Waals surface area contributed by atoms with E-state index in [4.69, 9.17) is 5.21 Å². The van der Waals surface area contributed by atoms with E-state index in [0.717, 1.165) is 5.69 Å². The van der Waals surface area contributed by atoms with Crippen LogP contribution < -0.4 is 5.48 Å². The van der Waals surface area contributed by atoms with Crippen molar-refractivity contribution in [1.29, 1.82) is 0 Å². The first-order valence-corrected chi connectivity index (χ1v) is 2.28. The van der Waals surface area contributed by atoms with Crippen LogP contribution in [0.25, 0.3) is 0 Å². The third-order valence-corrected chi connectivity index (χ3v) is 0.828. The maximum absolute atomic E-state index is 8.14. The van der Waals surface area contributed by atoms with Crippen LogP contribution in [0, 0.1) is 0 Å². The Balaban J connectivity index is 2.50. The molecule has 0 bridgehead atoms. The van der Waals surface area contributed by atoms with Crippen LogP contribution in [0.3, 0.4) is 0 Å². The molecule has 44 valence electrons. The summed E-state index contributed by atoms with van der Waals surface area (Å²) in [5, 5.41) is 14.5. The number of aromatic nitrogens is 2. The summed E-state index contributed by atoms with van der Waals surface area (Å²) in [5.74, 6) is 0. The maximum Gasteiger partial charge on any atom is 0.0625 e. The first-order chi connectivity index (χ1) is 3.93. The minimum absolute atomic E-state index is 0.417. The molecular formula is C4H7N3O. The second-order valence-corrected chi connectivity index (χ2v) is 1.42. The molecule has 0 aliphatic heterocycles. The van der Waals surface area contributed by atoms with E-state index < -0.39 is 0 Å². The van der Waals surface area contributed by atoms with Crippen LogP contribution in [-0.2, 0) is 6.54 Å². The molecule has 0 unspecified atom stereocenters. The molecule has 0 aliphatic carbocycles. The van der Waals surface area contributed by atoms with Gasteiger partial charge in [-0.2, -0.15) is 10.6 Å². The monoisotopic (exact) mass is 113 g/mol. The van der Waals surface area contributed by atoms with E-state index in [2.05, 4.69) is 10.2 Å². The quantitative estimate of drug-likeness (QED) is 0.469. The largest absolute Gasteiger partial charge is 0.316 e. The molecule has 0 aliphatic rings. The Hall–Kier alpha value is -0.870. The Morgan fingerprint density at radius 3 is 3.25 bits per heavy atom. The molecule has 8 heavy (non-hydrogen) atoms. The van der Waals surface area contributed by atoms with Gasteiger partial charge in [-0.3, -0.25) is 5.10 Å². The molecule has 0 fully saturated rings. The fourth-order valence-corrected chi connectivity index (χ4v) is 0.468. The van der Waals surface area contributed by atoms with Crippen molar-refractivity contribution in [3.63, 3.8) is 0 Å². The van der Waals surface area contributed by atoms with Gasteiger partial charge in [-0.1, -0.05) is 0 Å². The van der Waals surface area contributed by atoms with Gasteiger partial charge < -0.3 is 5.21 Å². The summed E-state index contributed by atoms with van der Waals surface area (Å²) in [6.45, 7) is 0.417. The number of nitrogens with one attached hydrogen (secondary N) is 2. The molecule has 1 heterocycles. The topological polar surface area (TPSA) is 60.9 Å². The van der Waals surface area contributed by atoms with Crippen molar-refractivity contribution in [1.82, 2.24) is 15.7 Å². The highest BCUT2D eigenvalue weighted by Gasteiger charge is 1.86. The summed E-state index contributed by atoms with van der Waals surface area (Å²) < 4.78 is 0. The zero-order valence-electron chi connectivity index (χ0n) is 4.26. The number of nitrogens with zero attached hydrogens (tertiary/aromatic N) is 1. The number of hydroxylamine groups is 1. The third kappa shape index (κ3) is 1.05. The number of hydrogen-bond donors (Lipinski definition) is 3. The lowest BCUT2D eigenvalue weighted by Gasteiger charge is -1.88. The number of rotatable bonds is 2. The molecule has 1 aromatic heterocycles. The van der Waals surface area contributed by atoms with Crippen molar-refractivity contribution in [3.05, 3.63) is 18.0 Å². The minimum atomic E-state index is 0.417. The zero-order chi connectivity index (χ0) is 5.82. The molecule has 1 rings (SSSR count). The Morgan fingerprint density at radius 2 is 2.75 bits per heavy atom. The van der Waals surface area contributed by atoms with E-state index in [9.17, 15) is 0 Å². The second-order valence-electron chi connectivity index (χ2n) is 1.42. The lowest BCUT2D eigenvalue weighted by Crippen LogP contribution is -2.05. The molecule has 4 heteroatoms. The molecule has 0 atom stereocenters. The van der Waals surface area contributed by atoms with Crippen molar-refractivity contribution in [2.75, 3.05) is 0 Å². The summed E-state index contributed by atoms with van der Waals surface area (Å²) in [6, 6.07) is 1.78. The molecule has 0 amide bonds. The average Bonchev–Trinajstić information content (AvgIpc) is 2.19. The van der Waals surface area contributed by atoms with Crippen LogP contribution in [0.15, 0.2) is 12.3 Å². The smallest absolute Gasteiger partial charge is 0.0625 e. The van der Waals surface area contributed by atoms with Crippen LogP contribution in [0.5, 0.6) is 0 Å². The van der Waals surface area contributed by atoms with Gasteiger partial charge in [0.05, 0.1) is 12.2 Å². The molecule has 0 saturated carbocycles. The Kier molecular flexibility index (Phi) is 1.61. The molecule has 0 saturated heterocycles. The highest BCUT2D eigenvalue weighted by atomic mass is 16.5. The Morgan fingerprint density at radius 1 is 1.88 bits per heavy atom. The number of H-pyrrole nitrogens is 1. The fourth-order valence-electron chi connectivity index (χ4n) is 0.468. The normalized spacial score (nSPS) is 9.62. The molecular weight excluding hydrogens is 106 g/mol. The first-order valence-electron chi connectivity index (χ1n) is 2.28. The SMILES string of the molecule is ONCc1ccn[nH]1. The molecule has 3 N–H and O–H groups in total. The van der Waals surface area contributed by atoms with E-state index in [0.29, 0.717) is 6.54 Å². The van der Waals surface area contributed by atoms with E-state index in [1.54, 1.807) is 12.3 Å². The second kappa shape index (κ2) is 2.44. The number of hydrogen-bond acceptors (Lipinski definition) is 3. The van der Waals surface area contributed by atoms with Crippen molar-refractivity contribution in [2.24, 2.45) is 0 Å². The lowest BCUT2D eigenvalue weighted by molar-refractivity contribution is 0.160. The van der Waals surface area contributed by atoms with Crippen molar-refractivity contribution in [3.8, 4) is 0 Å². The summed E-state index contributed by atoms with van der Waals surface area (Å²) >= 11 is 0. The van der Waals surface area contributed by atoms with Gasteiger partial charge in [-0.15, -0.1) is 0 Å². The zero-order valence-corrected chi connectivity index (χ0v) is 4.26. The van der Waals surface area contributed by atoms with Gasteiger partial charge in [0.1, 0.15) is 0 Å². The van der Waals surface area contributed by atoms with Crippen LogP contribution >= 0.6 is 0 Å². The average molecular weight is 113 g/mol. The van der Waals surface area contributed by atoms with Gasteiger partial charge in [-0.05, 0) is 6.07 Å². The van der Waals surface area contributed by atoms with Gasteiger partial charge in [0.2, 0.25) is 0 Å². The highest BCUT2D eigenvalue weighted by Crippen LogP contribution is 1.87. The van der Waals surface area contributed by atoms with E-state index in [-0.39, 0.29) is 0 Å². The molecule has 0 radical (unpaired) electrons. The third-order valence-electron chi connectivity index (χ3n) is 0.828. The predicted molar refractivity (Wildman–Crippen MR) is 27.2 cm³/mol.